The molecule has 0 aromatic rings. The molecule has 0 amide bonds. The van der Waals surface area contributed by atoms with Gasteiger partial charge in [0.15, 0.2) is 5.72 Å². The molecule has 0 heterocycles. The van der Waals surface area contributed by atoms with Crippen molar-refractivity contribution in [2.45, 2.75) is 32.4 Å². The highest BCUT2D eigenvalue weighted by molar-refractivity contribution is 5.76. The van der Waals surface area contributed by atoms with Gasteiger partial charge in [-0.25, -0.2) is 0 Å². The van der Waals surface area contributed by atoms with Crippen molar-refractivity contribution in [2.24, 2.45) is 5.73 Å². The maximum Gasteiger partial charge on any atom is 0.308 e. The van der Waals surface area contributed by atoms with Crippen LogP contribution in [0, 0.1) is 0 Å². The molecule has 0 atom stereocenters. The van der Waals surface area contributed by atoms with Crippen LogP contribution in [0.15, 0.2) is 0 Å². The minimum Gasteiger partial charge on any atom is -0.481 e. The quantitative estimate of drug-likeness (QED) is 0.466. The second kappa shape index (κ2) is 4.06. The van der Waals surface area contributed by atoms with Gasteiger partial charge in [0.2, 0.25) is 0 Å². The van der Waals surface area contributed by atoms with Gasteiger partial charge in [0.05, 0.1) is 12.8 Å². The molecule has 0 aliphatic heterocycles. The highest BCUT2D eigenvalue weighted by atomic mass is 16.6. The predicted molar refractivity (Wildman–Crippen MR) is 41.2 cm³/mol. The van der Waals surface area contributed by atoms with Gasteiger partial charge in [0.1, 0.15) is 0 Å². The summed E-state index contributed by atoms with van der Waals surface area (Å²) in [7, 11) is 0. The number of hydrogen-bond donors (Lipinski definition) is 2. The molecule has 0 aliphatic carbocycles. The van der Waals surface area contributed by atoms with Crippen LogP contribution in [0.3, 0.4) is 0 Å². The molecule has 0 rings (SSSR count). The maximum atomic E-state index is 10.8. The summed E-state index contributed by atoms with van der Waals surface area (Å²) >= 11 is 0. The van der Waals surface area contributed by atoms with Crippen molar-refractivity contribution < 1.29 is 19.4 Å². The number of carbonyl (C=O) groups excluding carboxylic acids is 1. The molecule has 5 nitrogen and oxygen atoms in total. The van der Waals surface area contributed by atoms with Gasteiger partial charge in [-0.15, -0.1) is 0 Å². The normalized spacial score (nSPS) is 10.9. The molecular weight excluding hydrogens is 162 g/mol. The fourth-order valence-corrected chi connectivity index (χ4v) is 0.553. The summed E-state index contributed by atoms with van der Waals surface area (Å²) in [5.74, 6) is -1.62. The average molecular weight is 175 g/mol. The topological polar surface area (TPSA) is 89.6 Å². The molecule has 0 saturated heterocycles. The Morgan fingerprint density at radius 3 is 2.25 bits per heavy atom. The molecule has 0 aliphatic rings. The highest BCUT2D eigenvalue weighted by Gasteiger charge is 2.16. The van der Waals surface area contributed by atoms with Crippen LogP contribution in [0.5, 0.6) is 0 Å². The Balaban J connectivity index is 3.68. The van der Waals surface area contributed by atoms with Crippen LogP contribution >= 0.6 is 0 Å². The van der Waals surface area contributed by atoms with Crippen LogP contribution in [0.4, 0.5) is 0 Å². The molecule has 0 fully saturated rings. The van der Waals surface area contributed by atoms with Crippen molar-refractivity contribution in [1.29, 1.82) is 0 Å². The van der Waals surface area contributed by atoms with E-state index >= 15 is 0 Å². The Bertz CT molecular complexity index is 182. The average Bonchev–Trinajstić information content (AvgIpc) is 1.79. The Hall–Kier alpha value is -1.10. The lowest BCUT2D eigenvalue weighted by atomic mass is 10.3. The van der Waals surface area contributed by atoms with E-state index in [2.05, 4.69) is 4.74 Å². The number of ether oxygens (including phenoxy) is 1. The monoisotopic (exact) mass is 175 g/mol. The van der Waals surface area contributed by atoms with Gasteiger partial charge in [0.25, 0.3) is 0 Å². The van der Waals surface area contributed by atoms with Gasteiger partial charge in [-0.05, 0) is 13.8 Å². The third-order valence-electron chi connectivity index (χ3n) is 0.920. The first kappa shape index (κ1) is 10.9. The molecule has 0 bridgehead atoms. The van der Waals surface area contributed by atoms with Crippen molar-refractivity contribution in [2.75, 3.05) is 0 Å². The third-order valence-corrected chi connectivity index (χ3v) is 0.920. The Morgan fingerprint density at radius 1 is 1.42 bits per heavy atom. The third kappa shape index (κ3) is 7.01. The first-order chi connectivity index (χ1) is 5.31. The molecule has 0 spiro atoms. The van der Waals surface area contributed by atoms with E-state index in [9.17, 15) is 9.59 Å². The van der Waals surface area contributed by atoms with Crippen molar-refractivity contribution in [1.82, 2.24) is 0 Å². The molecular formula is C7H13NO4. The molecule has 0 aromatic heterocycles. The van der Waals surface area contributed by atoms with E-state index < -0.39 is 17.7 Å². The number of nitrogens with two attached hydrogens (primary N) is 1. The van der Waals surface area contributed by atoms with E-state index in [0.29, 0.717) is 0 Å². The van der Waals surface area contributed by atoms with Crippen LogP contribution in [0.1, 0.15) is 26.7 Å². The molecule has 0 saturated carbocycles. The lowest BCUT2D eigenvalue weighted by Crippen LogP contribution is -2.37. The Morgan fingerprint density at radius 2 is 1.92 bits per heavy atom. The minimum atomic E-state index is -1.03. The fourth-order valence-electron chi connectivity index (χ4n) is 0.553. The first-order valence-electron chi connectivity index (χ1n) is 3.54. The van der Waals surface area contributed by atoms with Crippen molar-refractivity contribution in [3.05, 3.63) is 0 Å². The van der Waals surface area contributed by atoms with Crippen molar-refractivity contribution in [3.63, 3.8) is 0 Å². The molecule has 5 heteroatoms. The number of esters is 1. The second-order valence-electron chi connectivity index (χ2n) is 2.97. The van der Waals surface area contributed by atoms with E-state index in [4.69, 9.17) is 10.8 Å². The number of aliphatic carboxylic acids is 1. The second-order valence-corrected chi connectivity index (χ2v) is 2.97. The summed E-state index contributed by atoms with van der Waals surface area (Å²) in [6, 6.07) is 0. The van der Waals surface area contributed by atoms with Crippen molar-refractivity contribution in [3.8, 4) is 0 Å². The van der Waals surface area contributed by atoms with Gasteiger partial charge in [-0.3, -0.25) is 15.3 Å². The lowest BCUT2D eigenvalue weighted by Gasteiger charge is -2.18. The van der Waals surface area contributed by atoms with Gasteiger partial charge in [0, 0.05) is 0 Å². The zero-order valence-electron chi connectivity index (χ0n) is 7.16. The minimum absolute atomic E-state index is 0.143. The molecule has 0 aromatic carbocycles. The summed E-state index contributed by atoms with van der Waals surface area (Å²) < 4.78 is 4.66. The molecule has 12 heavy (non-hydrogen) atoms. The molecule has 0 radical (unpaired) electrons. The van der Waals surface area contributed by atoms with Gasteiger partial charge in [-0.2, -0.15) is 0 Å². The Kier molecular flexibility index (Phi) is 3.69. The van der Waals surface area contributed by atoms with Gasteiger partial charge in [-0.1, -0.05) is 0 Å². The van der Waals surface area contributed by atoms with E-state index in [-0.39, 0.29) is 12.8 Å². The van der Waals surface area contributed by atoms with Gasteiger partial charge < -0.3 is 9.84 Å². The standard InChI is InChI=1S/C7H13NO4/c1-7(2,8)12-6(11)4-3-5(9)10/h3-4,8H2,1-2H3,(H,9,10). The largest absolute Gasteiger partial charge is 0.481 e. The zero-order valence-corrected chi connectivity index (χ0v) is 7.16. The summed E-state index contributed by atoms with van der Waals surface area (Å²) in [5.41, 5.74) is 4.32. The van der Waals surface area contributed by atoms with Gasteiger partial charge >= 0.3 is 11.9 Å². The maximum absolute atomic E-state index is 10.8. The Labute approximate surface area is 70.5 Å². The number of rotatable bonds is 4. The summed E-state index contributed by atoms with van der Waals surface area (Å²) in [4.78, 5) is 20.8. The van der Waals surface area contributed by atoms with Crippen LogP contribution in [0.2, 0.25) is 0 Å². The fraction of sp³-hybridized carbons (Fsp3) is 0.714. The first-order valence-corrected chi connectivity index (χ1v) is 3.54. The molecule has 70 valence electrons. The number of carboxylic acid groups (broad SMARTS) is 1. The zero-order chi connectivity index (χ0) is 9.78. The van der Waals surface area contributed by atoms with Crippen LogP contribution < -0.4 is 5.73 Å². The highest BCUT2D eigenvalue weighted by Crippen LogP contribution is 2.02. The SMILES string of the molecule is CC(C)(N)OC(=O)CCC(=O)O. The van der Waals surface area contributed by atoms with E-state index in [1.807, 2.05) is 0 Å². The molecule has 0 unspecified atom stereocenters. The van der Waals surface area contributed by atoms with E-state index in [0.717, 1.165) is 0 Å². The number of carbonyl (C=O) groups is 2. The number of hydrogen-bond acceptors (Lipinski definition) is 4. The van der Waals surface area contributed by atoms with Crippen LogP contribution in [-0.2, 0) is 14.3 Å². The van der Waals surface area contributed by atoms with Crippen LogP contribution in [-0.4, -0.2) is 22.8 Å². The summed E-state index contributed by atoms with van der Waals surface area (Å²) in [6.07, 6.45) is -0.370. The predicted octanol–water partition coefficient (Wildman–Crippen LogP) is 0.0892. The lowest BCUT2D eigenvalue weighted by molar-refractivity contribution is -0.158. The summed E-state index contributed by atoms with van der Waals surface area (Å²) in [5, 5.41) is 8.22. The van der Waals surface area contributed by atoms with E-state index in [1.165, 1.54) is 13.8 Å². The number of carboxylic acids is 1. The molecule has 3 N–H and O–H groups in total. The summed E-state index contributed by atoms with van der Waals surface area (Å²) in [6.45, 7) is 3.04. The van der Waals surface area contributed by atoms with E-state index in [1.54, 1.807) is 0 Å². The van der Waals surface area contributed by atoms with Crippen LogP contribution in [0.25, 0.3) is 0 Å². The van der Waals surface area contributed by atoms with Crippen molar-refractivity contribution >= 4 is 11.9 Å². The smallest absolute Gasteiger partial charge is 0.308 e.